The van der Waals surface area contributed by atoms with Gasteiger partial charge in [0.15, 0.2) is 0 Å². The minimum Gasteiger partial charge on any atom is -1.00 e. The first-order chi connectivity index (χ1) is 3.56. The van der Waals surface area contributed by atoms with Gasteiger partial charge in [0.2, 0.25) is 0 Å². The molecule has 0 aromatic rings. The molecule has 0 aliphatic rings. The zero-order valence-corrected chi connectivity index (χ0v) is 10.0. The third-order valence-electron chi connectivity index (χ3n) is 1.01. The van der Waals surface area contributed by atoms with Gasteiger partial charge in [-0.05, 0) is 11.8 Å². The molecule has 0 heterocycles. The van der Waals surface area contributed by atoms with Gasteiger partial charge in [0.1, 0.15) is 6.29 Å². The van der Waals surface area contributed by atoms with E-state index in [0.717, 1.165) is 12.7 Å². The van der Waals surface area contributed by atoms with Crippen LogP contribution in [0.4, 0.5) is 0 Å². The molecule has 0 aromatic carbocycles. The fourth-order valence-corrected chi connectivity index (χ4v) is 0.492. The van der Waals surface area contributed by atoms with E-state index in [2.05, 4.69) is 20.8 Å². The number of rotatable bonds is 2. The van der Waals surface area contributed by atoms with Crippen LogP contribution in [-0.4, -0.2) is 6.29 Å². The van der Waals surface area contributed by atoms with Gasteiger partial charge in [0.05, 0.1) is 0 Å². The van der Waals surface area contributed by atoms with E-state index >= 15 is 0 Å². The fourth-order valence-electron chi connectivity index (χ4n) is 0.492. The van der Waals surface area contributed by atoms with Crippen molar-refractivity contribution in [3.05, 3.63) is 0 Å². The van der Waals surface area contributed by atoms with Crippen LogP contribution < -0.4 is 51.4 Å². The molecule has 0 spiro atoms. The Kier molecular flexibility index (Phi) is 8.69. The minimum absolute atomic E-state index is 0. The molecule has 0 rings (SSSR count). The summed E-state index contributed by atoms with van der Waals surface area (Å²) in [6, 6.07) is 0. The second-order valence-corrected chi connectivity index (χ2v) is 3.27. The van der Waals surface area contributed by atoms with E-state index in [0.29, 0.717) is 11.8 Å². The molecule has 9 heavy (non-hydrogen) atoms. The van der Waals surface area contributed by atoms with E-state index in [-0.39, 0.29) is 52.8 Å². The number of carbonyl (C=O) groups excluding carboxylic acids is 1. The molecule has 0 N–H and O–H groups in total. The van der Waals surface area contributed by atoms with Crippen molar-refractivity contribution in [2.45, 2.75) is 33.6 Å². The van der Waals surface area contributed by atoms with E-state index < -0.39 is 0 Å². The maximum Gasteiger partial charge on any atom is 1.00 e. The van der Waals surface area contributed by atoms with Crippen LogP contribution in [0.2, 0.25) is 0 Å². The second-order valence-electron chi connectivity index (χ2n) is 3.27. The summed E-state index contributed by atoms with van der Waals surface area (Å²) >= 11 is 0. The van der Waals surface area contributed by atoms with Crippen molar-refractivity contribution in [2.24, 2.45) is 5.41 Å². The number of hydrogen-bond acceptors (Lipinski definition) is 1. The Balaban J connectivity index is -0.000000245. The summed E-state index contributed by atoms with van der Waals surface area (Å²) in [6.45, 7) is 6.41. The van der Waals surface area contributed by atoms with Gasteiger partial charge in [-0.3, -0.25) is 0 Å². The molecule has 0 amide bonds. The number of carbonyl (C=O) groups is 1. The molecule has 50 valence electrons. The van der Waals surface area contributed by atoms with Gasteiger partial charge in [-0.25, -0.2) is 0 Å². The number of aldehydes is 1. The summed E-state index contributed by atoms with van der Waals surface area (Å²) < 4.78 is 0. The smallest absolute Gasteiger partial charge is 1.00 e. The van der Waals surface area contributed by atoms with Gasteiger partial charge in [-0.2, -0.15) is 0 Å². The van der Waals surface area contributed by atoms with E-state index in [1.807, 2.05) is 0 Å². The normalized spacial score (nSPS) is 10.1. The Hall–Kier alpha value is 1.31. The first kappa shape index (κ1) is 12.9. The second kappa shape index (κ2) is 6.04. The van der Waals surface area contributed by atoms with Gasteiger partial charge < -0.3 is 6.22 Å². The third kappa shape index (κ3) is 12.5. The van der Waals surface area contributed by atoms with Gasteiger partial charge in [0, 0.05) is 6.42 Å². The largest absolute Gasteiger partial charge is 1.00 e. The van der Waals surface area contributed by atoms with Crippen molar-refractivity contribution in [1.29, 1.82) is 0 Å². The molecule has 0 saturated carbocycles. The van der Waals surface area contributed by atoms with E-state index in [9.17, 15) is 4.79 Å². The van der Waals surface area contributed by atoms with Gasteiger partial charge >= 0.3 is 51.4 Å². The maximum atomic E-state index is 9.85. The Labute approximate surface area is 101 Å². The molecule has 0 aromatic heterocycles. The molecule has 0 saturated heterocycles. The van der Waals surface area contributed by atoms with E-state index in [1.54, 1.807) is 0 Å². The van der Waals surface area contributed by atoms with Crippen LogP contribution in [0.3, 0.4) is 0 Å². The van der Waals surface area contributed by atoms with Crippen LogP contribution in [-0.2, 0) is 4.79 Å². The third-order valence-corrected chi connectivity index (χ3v) is 1.01. The molecule has 0 radical (unpaired) electrons. The molecule has 0 atom stereocenters. The van der Waals surface area contributed by atoms with Crippen LogP contribution in [0.15, 0.2) is 0 Å². The standard InChI is InChI=1S/C7H14O.K.H/c1-7(2,3)5-4-6-8;;/h6H,4-5H2,1-3H3;;/q;+1;-1. The van der Waals surface area contributed by atoms with E-state index in [1.165, 1.54) is 0 Å². The predicted molar refractivity (Wildman–Crippen MR) is 35.9 cm³/mol. The summed E-state index contributed by atoms with van der Waals surface area (Å²) in [7, 11) is 0. The summed E-state index contributed by atoms with van der Waals surface area (Å²) in [5.74, 6) is 0. The monoisotopic (exact) mass is 154 g/mol. The fraction of sp³-hybridized carbons (Fsp3) is 0.857. The van der Waals surface area contributed by atoms with Crippen LogP contribution in [0.1, 0.15) is 35.0 Å². The number of hydrogen-bond donors (Lipinski definition) is 0. The topological polar surface area (TPSA) is 17.1 Å². The summed E-state index contributed by atoms with van der Waals surface area (Å²) in [6.07, 6.45) is 2.67. The van der Waals surface area contributed by atoms with Crippen molar-refractivity contribution in [1.82, 2.24) is 0 Å². The molecule has 0 bridgehead atoms. The summed E-state index contributed by atoms with van der Waals surface area (Å²) in [5, 5.41) is 0. The predicted octanol–water partition coefficient (Wildman–Crippen LogP) is -0.872. The van der Waals surface area contributed by atoms with Gasteiger partial charge in [-0.15, -0.1) is 0 Å². The van der Waals surface area contributed by atoms with Crippen LogP contribution in [0.5, 0.6) is 0 Å². The van der Waals surface area contributed by atoms with Crippen molar-refractivity contribution < 1.29 is 57.6 Å². The van der Waals surface area contributed by atoms with Crippen molar-refractivity contribution in [3.8, 4) is 0 Å². The van der Waals surface area contributed by atoms with Crippen LogP contribution in [0, 0.1) is 5.41 Å². The van der Waals surface area contributed by atoms with Crippen LogP contribution in [0.25, 0.3) is 0 Å². The molecule has 0 fully saturated rings. The molecular weight excluding hydrogens is 139 g/mol. The zero-order valence-electron chi connectivity index (χ0n) is 7.90. The molecule has 0 aliphatic heterocycles. The Morgan fingerprint density at radius 3 is 2.00 bits per heavy atom. The van der Waals surface area contributed by atoms with E-state index in [4.69, 9.17) is 0 Å². The summed E-state index contributed by atoms with van der Waals surface area (Å²) in [4.78, 5) is 9.85. The molecular formula is C7H15KO. The Morgan fingerprint density at radius 1 is 1.44 bits per heavy atom. The van der Waals surface area contributed by atoms with Gasteiger partial charge in [0.25, 0.3) is 0 Å². The Morgan fingerprint density at radius 2 is 1.89 bits per heavy atom. The zero-order chi connectivity index (χ0) is 6.62. The van der Waals surface area contributed by atoms with Crippen molar-refractivity contribution in [3.63, 3.8) is 0 Å². The van der Waals surface area contributed by atoms with Crippen molar-refractivity contribution in [2.75, 3.05) is 0 Å². The average molecular weight is 154 g/mol. The molecule has 2 heteroatoms. The summed E-state index contributed by atoms with van der Waals surface area (Å²) in [5.41, 5.74) is 0.320. The molecule has 0 unspecified atom stereocenters. The minimum atomic E-state index is 0. The van der Waals surface area contributed by atoms with Crippen LogP contribution >= 0.6 is 0 Å². The SMILES string of the molecule is CC(C)(C)CCC=O.[H-].[K+]. The first-order valence-corrected chi connectivity index (χ1v) is 3.00. The Bertz CT molecular complexity index is 78.2. The maximum absolute atomic E-state index is 9.85. The quantitative estimate of drug-likeness (QED) is 0.373. The van der Waals surface area contributed by atoms with Crippen molar-refractivity contribution >= 4 is 6.29 Å². The first-order valence-electron chi connectivity index (χ1n) is 3.00. The molecule has 1 nitrogen and oxygen atoms in total. The average Bonchev–Trinajstić information content (AvgIpc) is 1.59. The van der Waals surface area contributed by atoms with Gasteiger partial charge in [-0.1, -0.05) is 20.8 Å². The molecule has 0 aliphatic carbocycles.